The van der Waals surface area contributed by atoms with Gasteiger partial charge in [-0.15, -0.1) is 11.6 Å². The van der Waals surface area contributed by atoms with Gasteiger partial charge in [0.15, 0.2) is 0 Å². The molecular formula is C14H18BrClO3. The lowest BCUT2D eigenvalue weighted by atomic mass is 10.1. The third-order valence-corrected chi connectivity index (χ3v) is 4.06. The van der Waals surface area contributed by atoms with E-state index in [4.69, 9.17) is 25.8 Å². The van der Waals surface area contributed by atoms with Crippen LogP contribution in [0.3, 0.4) is 0 Å². The van der Waals surface area contributed by atoms with E-state index in [1.807, 2.05) is 18.2 Å². The first kappa shape index (κ1) is 15.1. The quantitative estimate of drug-likeness (QED) is 0.754. The molecule has 5 heteroatoms. The van der Waals surface area contributed by atoms with E-state index in [0.29, 0.717) is 26.4 Å². The summed E-state index contributed by atoms with van der Waals surface area (Å²) in [5.41, 5.74) is 1.01. The Balaban J connectivity index is 2.05. The van der Waals surface area contributed by atoms with Crippen LogP contribution in [0.4, 0.5) is 0 Å². The topological polar surface area (TPSA) is 27.7 Å². The van der Waals surface area contributed by atoms with Gasteiger partial charge in [0.1, 0.15) is 11.9 Å². The Morgan fingerprint density at radius 2 is 2.32 bits per heavy atom. The average Bonchev–Trinajstić information content (AvgIpc) is 2.46. The SMILES string of the molecule is CCCOc1ccc(C(Cl)C2COCCO2)cc1Br. The Bertz CT molecular complexity index is 408. The van der Waals surface area contributed by atoms with Gasteiger partial charge in [-0.05, 0) is 40.0 Å². The van der Waals surface area contributed by atoms with Crippen molar-refractivity contribution in [3.63, 3.8) is 0 Å². The fourth-order valence-electron chi connectivity index (χ4n) is 1.91. The highest BCUT2D eigenvalue weighted by atomic mass is 79.9. The predicted octanol–water partition coefficient (Wildman–Crippen LogP) is 3.93. The zero-order valence-electron chi connectivity index (χ0n) is 10.9. The zero-order valence-corrected chi connectivity index (χ0v) is 13.2. The summed E-state index contributed by atoms with van der Waals surface area (Å²) >= 11 is 9.96. The molecule has 1 aliphatic heterocycles. The van der Waals surface area contributed by atoms with Crippen LogP contribution in [-0.2, 0) is 9.47 Å². The van der Waals surface area contributed by atoms with Crippen LogP contribution >= 0.6 is 27.5 Å². The third-order valence-electron chi connectivity index (χ3n) is 2.90. The van der Waals surface area contributed by atoms with Gasteiger partial charge >= 0.3 is 0 Å². The molecule has 0 amide bonds. The average molecular weight is 350 g/mol. The second-order valence-electron chi connectivity index (χ2n) is 4.42. The van der Waals surface area contributed by atoms with Gasteiger partial charge in [0.05, 0.1) is 36.3 Å². The number of hydrogen-bond donors (Lipinski definition) is 0. The summed E-state index contributed by atoms with van der Waals surface area (Å²) in [6, 6.07) is 5.90. The molecule has 0 saturated carbocycles. The Morgan fingerprint density at radius 3 is 2.95 bits per heavy atom. The molecule has 1 heterocycles. The molecule has 0 spiro atoms. The summed E-state index contributed by atoms with van der Waals surface area (Å²) in [4.78, 5) is 0. The Morgan fingerprint density at radius 1 is 1.47 bits per heavy atom. The second-order valence-corrected chi connectivity index (χ2v) is 5.75. The van der Waals surface area contributed by atoms with Crippen molar-refractivity contribution >= 4 is 27.5 Å². The highest BCUT2D eigenvalue weighted by molar-refractivity contribution is 9.10. The van der Waals surface area contributed by atoms with E-state index in [2.05, 4.69) is 22.9 Å². The molecule has 19 heavy (non-hydrogen) atoms. The van der Waals surface area contributed by atoms with E-state index >= 15 is 0 Å². The molecule has 0 aromatic heterocycles. The van der Waals surface area contributed by atoms with Crippen LogP contribution in [0, 0.1) is 0 Å². The van der Waals surface area contributed by atoms with Crippen LogP contribution in [0.5, 0.6) is 5.75 Å². The summed E-state index contributed by atoms with van der Waals surface area (Å²) in [6.07, 6.45) is 0.893. The van der Waals surface area contributed by atoms with Crippen LogP contribution in [-0.4, -0.2) is 32.5 Å². The molecule has 1 saturated heterocycles. The number of halogens is 2. The second kappa shape index (κ2) is 7.48. The number of benzene rings is 1. The van der Waals surface area contributed by atoms with Crippen molar-refractivity contribution < 1.29 is 14.2 Å². The molecular weight excluding hydrogens is 332 g/mol. The first-order valence-electron chi connectivity index (χ1n) is 6.48. The maximum Gasteiger partial charge on any atom is 0.133 e. The minimum atomic E-state index is -0.211. The molecule has 0 N–H and O–H groups in total. The highest BCUT2D eigenvalue weighted by Gasteiger charge is 2.25. The largest absolute Gasteiger partial charge is 0.492 e. The van der Waals surface area contributed by atoms with Gasteiger partial charge in [0, 0.05) is 0 Å². The summed E-state index contributed by atoms with van der Waals surface area (Å²) in [6.45, 7) is 4.58. The van der Waals surface area contributed by atoms with Crippen molar-refractivity contribution in [2.24, 2.45) is 0 Å². The van der Waals surface area contributed by atoms with Crippen LogP contribution < -0.4 is 4.74 Å². The fourth-order valence-corrected chi connectivity index (χ4v) is 2.70. The number of alkyl halides is 1. The molecule has 0 bridgehead atoms. The highest BCUT2D eigenvalue weighted by Crippen LogP contribution is 2.33. The summed E-state index contributed by atoms with van der Waals surface area (Å²) in [5.74, 6) is 0.843. The van der Waals surface area contributed by atoms with Crippen LogP contribution in [0.25, 0.3) is 0 Å². The lowest BCUT2D eigenvalue weighted by Gasteiger charge is -2.27. The Kier molecular flexibility index (Phi) is 5.95. The lowest BCUT2D eigenvalue weighted by molar-refractivity contribution is -0.0892. The molecule has 106 valence electrons. The zero-order chi connectivity index (χ0) is 13.7. The Hall–Kier alpha value is -0.290. The van der Waals surface area contributed by atoms with Gasteiger partial charge in [-0.1, -0.05) is 13.0 Å². The van der Waals surface area contributed by atoms with Crippen molar-refractivity contribution in [1.29, 1.82) is 0 Å². The van der Waals surface area contributed by atoms with E-state index in [1.54, 1.807) is 0 Å². The van der Waals surface area contributed by atoms with Crippen molar-refractivity contribution in [2.75, 3.05) is 26.4 Å². The molecule has 0 aliphatic carbocycles. The summed E-state index contributed by atoms with van der Waals surface area (Å²) in [5, 5.41) is -0.211. The minimum Gasteiger partial charge on any atom is -0.492 e. The molecule has 1 aliphatic rings. The minimum absolute atomic E-state index is 0.0928. The molecule has 2 unspecified atom stereocenters. The maximum absolute atomic E-state index is 6.45. The lowest BCUT2D eigenvalue weighted by Crippen LogP contribution is -2.31. The molecule has 0 radical (unpaired) electrons. The molecule has 1 fully saturated rings. The first-order valence-corrected chi connectivity index (χ1v) is 7.71. The number of rotatable bonds is 5. The van der Waals surface area contributed by atoms with Gasteiger partial charge in [-0.25, -0.2) is 0 Å². The maximum atomic E-state index is 6.45. The summed E-state index contributed by atoms with van der Waals surface area (Å²) < 4.78 is 17.5. The number of hydrogen-bond acceptors (Lipinski definition) is 3. The Labute approximate surface area is 127 Å². The van der Waals surface area contributed by atoms with Gasteiger partial charge in [-0.2, -0.15) is 0 Å². The van der Waals surface area contributed by atoms with Gasteiger partial charge in [0.25, 0.3) is 0 Å². The van der Waals surface area contributed by atoms with Gasteiger partial charge in [-0.3, -0.25) is 0 Å². The van der Waals surface area contributed by atoms with E-state index in [0.717, 1.165) is 22.2 Å². The van der Waals surface area contributed by atoms with E-state index in [-0.39, 0.29) is 11.5 Å². The first-order chi connectivity index (χ1) is 9.22. The van der Waals surface area contributed by atoms with Gasteiger partial charge in [0.2, 0.25) is 0 Å². The molecule has 2 rings (SSSR count). The van der Waals surface area contributed by atoms with Crippen molar-refractivity contribution in [2.45, 2.75) is 24.8 Å². The van der Waals surface area contributed by atoms with E-state index < -0.39 is 0 Å². The molecule has 1 aromatic carbocycles. The van der Waals surface area contributed by atoms with Crippen LogP contribution in [0.15, 0.2) is 22.7 Å². The fraction of sp³-hybridized carbons (Fsp3) is 0.571. The van der Waals surface area contributed by atoms with E-state index in [1.165, 1.54) is 0 Å². The van der Waals surface area contributed by atoms with Crippen LogP contribution in [0.2, 0.25) is 0 Å². The molecule has 3 nitrogen and oxygen atoms in total. The molecule has 2 atom stereocenters. The predicted molar refractivity (Wildman–Crippen MR) is 79.1 cm³/mol. The third kappa shape index (κ3) is 4.09. The molecule has 1 aromatic rings. The van der Waals surface area contributed by atoms with Crippen molar-refractivity contribution in [3.8, 4) is 5.75 Å². The van der Waals surface area contributed by atoms with Crippen molar-refractivity contribution in [3.05, 3.63) is 28.2 Å². The summed E-state index contributed by atoms with van der Waals surface area (Å²) in [7, 11) is 0. The van der Waals surface area contributed by atoms with Gasteiger partial charge < -0.3 is 14.2 Å². The normalized spacial score (nSPS) is 21.1. The van der Waals surface area contributed by atoms with Crippen molar-refractivity contribution in [1.82, 2.24) is 0 Å². The van der Waals surface area contributed by atoms with Crippen LogP contribution in [0.1, 0.15) is 24.3 Å². The smallest absolute Gasteiger partial charge is 0.133 e. The monoisotopic (exact) mass is 348 g/mol. The number of ether oxygens (including phenoxy) is 3. The van der Waals surface area contributed by atoms with E-state index in [9.17, 15) is 0 Å². The standard InChI is InChI=1S/C14H18BrClO3/c1-2-5-18-12-4-3-10(8-11(12)15)14(16)13-9-17-6-7-19-13/h3-4,8,13-14H,2,5-7,9H2,1H3.